The summed E-state index contributed by atoms with van der Waals surface area (Å²) < 4.78 is 67.3. The van der Waals surface area contributed by atoms with Gasteiger partial charge in [-0.25, -0.2) is 18.2 Å². The van der Waals surface area contributed by atoms with Crippen LogP contribution in [0.2, 0.25) is 0 Å². The molecule has 1 aliphatic rings. The van der Waals surface area contributed by atoms with Crippen LogP contribution in [0, 0.1) is 0 Å². The van der Waals surface area contributed by atoms with Gasteiger partial charge in [0.05, 0.1) is 22.2 Å². The van der Waals surface area contributed by atoms with Gasteiger partial charge in [-0.2, -0.15) is 13.2 Å². The van der Waals surface area contributed by atoms with Gasteiger partial charge in [0, 0.05) is 30.2 Å². The Bertz CT molecular complexity index is 1650. The summed E-state index contributed by atoms with van der Waals surface area (Å²) >= 11 is 0. The van der Waals surface area contributed by atoms with E-state index in [1.54, 1.807) is 48.7 Å². The molecule has 3 aromatic carbocycles. The van der Waals surface area contributed by atoms with Crippen LogP contribution in [-0.2, 0) is 16.0 Å². The molecule has 0 spiro atoms. The lowest BCUT2D eigenvalue weighted by Gasteiger charge is -2.19. The summed E-state index contributed by atoms with van der Waals surface area (Å²) in [6.07, 6.45) is -1.87. The summed E-state index contributed by atoms with van der Waals surface area (Å²) in [4.78, 5) is 17.8. The van der Waals surface area contributed by atoms with Gasteiger partial charge in [-0.3, -0.25) is 9.47 Å². The highest BCUT2D eigenvalue weighted by molar-refractivity contribution is 7.90. The van der Waals surface area contributed by atoms with Crippen LogP contribution < -0.4 is 0 Å². The van der Waals surface area contributed by atoms with Gasteiger partial charge < -0.3 is 5.11 Å². The van der Waals surface area contributed by atoms with Gasteiger partial charge in [-0.1, -0.05) is 42.5 Å². The minimum atomic E-state index is -4.62. The summed E-state index contributed by atoms with van der Waals surface area (Å²) in [5.41, 5.74) is 1.30. The number of rotatable bonds is 5. The lowest BCUT2D eigenvalue weighted by molar-refractivity contribution is -0.137. The van der Waals surface area contributed by atoms with Crippen LogP contribution in [0.4, 0.5) is 18.0 Å². The van der Waals surface area contributed by atoms with Crippen molar-refractivity contribution in [3.05, 3.63) is 90.3 Å². The van der Waals surface area contributed by atoms with Crippen molar-refractivity contribution in [3.63, 3.8) is 0 Å². The molecule has 1 atom stereocenters. The lowest BCUT2D eigenvalue weighted by atomic mass is 10.0. The van der Waals surface area contributed by atoms with E-state index in [1.807, 2.05) is 0 Å². The Morgan fingerprint density at radius 1 is 1.00 bits per heavy atom. The highest BCUT2D eigenvalue weighted by atomic mass is 32.2. The zero-order chi connectivity index (χ0) is 27.9. The van der Waals surface area contributed by atoms with Crippen LogP contribution in [0.25, 0.3) is 28.2 Å². The Labute approximate surface area is 223 Å². The Balaban J connectivity index is 1.62. The number of likely N-dealkylation sites (tertiary alicyclic amines) is 1. The number of alkyl halides is 3. The van der Waals surface area contributed by atoms with E-state index < -0.39 is 33.7 Å². The molecule has 11 heteroatoms. The predicted molar refractivity (Wildman–Crippen MR) is 139 cm³/mol. The SMILES string of the molecule is CS(=O)(=O)c1cccc(-c2ccc(-n3cc(C4CCCN4C(=O)O)nc3-c3ccccc3C(F)(F)F)cc2)c1. The molecule has 5 rings (SSSR count). The summed E-state index contributed by atoms with van der Waals surface area (Å²) in [7, 11) is -3.40. The maximum Gasteiger partial charge on any atom is 0.417 e. The molecule has 2 heterocycles. The number of amides is 1. The van der Waals surface area contributed by atoms with E-state index in [0.29, 0.717) is 36.3 Å². The van der Waals surface area contributed by atoms with Gasteiger partial charge in [0.25, 0.3) is 0 Å². The molecule has 0 aliphatic carbocycles. The van der Waals surface area contributed by atoms with Crippen LogP contribution in [0.15, 0.2) is 83.9 Å². The van der Waals surface area contributed by atoms with Gasteiger partial charge in [-0.15, -0.1) is 0 Å². The molecule has 1 unspecified atom stereocenters. The van der Waals surface area contributed by atoms with Crippen molar-refractivity contribution < 1.29 is 31.5 Å². The molecule has 1 aromatic heterocycles. The second-order valence-electron chi connectivity index (χ2n) is 9.38. The van der Waals surface area contributed by atoms with Gasteiger partial charge in [0.1, 0.15) is 5.82 Å². The Morgan fingerprint density at radius 3 is 2.38 bits per heavy atom. The van der Waals surface area contributed by atoms with Crippen molar-refractivity contribution in [1.82, 2.24) is 14.5 Å². The molecule has 0 saturated carbocycles. The molecule has 4 aromatic rings. The fourth-order valence-electron chi connectivity index (χ4n) is 4.90. The molecular weight excluding hydrogens is 531 g/mol. The summed E-state index contributed by atoms with van der Waals surface area (Å²) in [5.74, 6) is 0.0435. The third-order valence-electron chi connectivity index (χ3n) is 6.78. The van der Waals surface area contributed by atoms with Crippen molar-refractivity contribution >= 4 is 15.9 Å². The van der Waals surface area contributed by atoms with Crippen molar-refractivity contribution in [1.29, 1.82) is 0 Å². The first-order valence-corrected chi connectivity index (χ1v) is 14.0. The monoisotopic (exact) mass is 555 g/mol. The molecule has 39 heavy (non-hydrogen) atoms. The van der Waals surface area contributed by atoms with Crippen molar-refractivity contribution in [2.24, 2.45) is 0 Å². The number of halogens is 3. The first kappa shape index (κ1) is 26.5. The van der Waals surface area contributed by atoms with Crippen LogP contribution in [0.1, 0.15) is 30.1 Å². The van der Waals surface area contributed by atoms with Crippen molar-refractivity contribution in [3.8, 4) is 28.2 Å². The number of hydrogen-bond donors (Lipinski definition) is 1. The number of hydrogen-bond acceptors (Lipinski definition) is 4. The molecule has 202 valence electrons. The molecule has 0 bridgehead atoms. The smallest absolute Gasteiger partial charge is 0.417 e. The van der Waals surface area contributed by atoms with Gasteiger partial charge in [-0.05, 0) is 54.3 Å². The molecule has 7 nitrogen and oxygen atoms in total. The number of aromatic nitrogens is 2. The molecule has 1 fully saturated rings. The highest BCUT2D eigenvalue weighted by Gasteiger charge is 2.36. The number of carbonyl (C=O) groups is 1. The number of sulfone groups is 1. The van der Waals surface area contributed by atoms with Crippen LogP contribution in [0.5, 0.6) is 0 Å². The van der Waals surface area contributed by atoms with Crippen LogP contribution in [-0.4, -0.2) is 46.9 Å². The largest absolute Gasteiger partial charge is 0.465 e. The van der Waals surface area contributed by atoms with Crippen LogP contribution in [0.3, 0.4) is 0 Å². The van der Waals surface area contributed by atoms with E-state index >= 15 is 0 Å². The second-order valence-corrected chi connectivity index (χ2v) is 11.4. The van der Waals surface area contributed by atoms with Crippen molar-refractivity contribution in [2.45, 2.75) is 30.0 Å². The molecule has 0 radical (unpaired) electrons. The van der Waals surface area contributed by atoms with Gasteiger partial charge >= 0.3 is 12.3 Å². The Hall–Kier alpha value is -4.12. The predicted octanol–water partition coefficient (Wildman–Crippen LogP) is 6.44. The minimum Gasteiger partial charge on any atom is -0.465 e. The average Bonchev–Trinajstić information content (AvgIpc) is 3.56. The van der Waals surface area contributed by atoms with Crippen molar-refractivity contribution in [2.75, 3.05) is 12.8 Å². The number of benzene rings is 3. The molecular formula is C28H24F3N3O4S. The van der Waals surface area contributed by atoms with E-state index in [2.05, 4.69) is 4.98 Å². The third kappa shape index (κ3) is 5.26. The number of carboxylic acid groups (broad SMARTS) is 1. The second kappa shape index (κ2) is 9.88. The topological polar surface area (TPSA) is 92.5 Å². The molecule has 1 amide bonds. The lowest BCUT2D eigenvalue weighted by Crippen LogP contribution is -2.28. The van der Waals surface area contributed by atoms with Crippen LogP contribution >= 0.6 is 0 Å². The molecule has 1 saturated heterocycles. The summed E-state index contributed by atoms with van der Waals surface area (Å²) in [6.45, 7) is 0.322. The summed E-state index contributed by atoms with van der Waals surface area (Å²) in [5, 5.41) is 9.62. The standard InChI is InChI=1S/C28H24F3N3O4S/c1-39(37,38)21-7-4-6-19(16-21)18-11-13-20(14-12-18)34-17-24(25-10-5-15-33(25)27(35)36)32-26(34)22-8-2-3-9-23(22)28(29,30)31/h2-4,6-9,11-14,16-17,25H,5,10,15H2,1H3,(H,35,36). The number of nitrogens with zero attached hydrogens (tertiary/aromatic N) is 3. The fraction of sp³-hybridized carbons (Fsp3) is 0.214. The zero-order valence-electron chi connectivity index (χ0n) is 20.8. The van der Waals surface area contributed by atoms with E-state index in [9.17, 15) is 31.5 Å². The average molecular weight is 556 g/mol. The highest BCUT2D eigenvalue weighted by Crippen LogP contribution is 2.39. The first-order chi connectivity index (χ1) is 18.4. The maximum absolute atomic E-state index is 13.9. The van der Waals surface area contributed by atoms with E-state index in [1.165, 1.54) is 33.7 Å². The van der Waals surface area contributed by atoms with Gasteiger partial charge in [0.15, 0.2) is 9.84 Å². The maximum atomic E-state index is 13.9. The third-order valence-corrected chi connectivity index (χ3v) is 7.89. The normalized spacial score (nSPS) is 16.0. The Morgan fingerprint density at radius 2 is 1.72 bits per heavy atom. The quantitative estimate of drug-likeness (QED) is 0.306. The van der Waals surface area contributed by atoms with E-state index in [4.69, 9.17) is 0 Å². The number of imidazole rings is 1. The van der Waals surface area contributed by atoms with E-state index in [-0.39, 0.29) is 16.3 Å². The molecule has 1 aliphatic heterocycles. The van der Waals surface area contributed by atoms with E-state index in [0.717, 1.165) is 17.9 Å². The zero-order valence-corrected chi connectivity index (χ0v) is 21.6. The van der Waals surface area contributed by atoms with Gasteiger partial charge in [0.2, 0.25) is 0 Å². The Kier molecular flexibility index (Phi) is 6.71. The fourth-order valence-corrected chi connectivity index (χ4v) is 5.56. The molecule has 1 N–H and O–H groups in total. The first-order valence-electron chi connectivity index (χ1n) is 12.1. The minimum absolute atomic E-state index is 0.0435. The summed E-state index contributed by atoms with van der Waals surface area (Å²) in [6, 6.07) is 18.0.